The molecule has 1 nitrogen and oxygen atoms in total. The van der Waals surface area contributed by atoms with Gasteiger partial charge in [-0.2, -0.15) is 0 Å². The summed E-state index contributed by atoms with van der Waals surface area (Å²) in [6, 6.07) is 1.61. The molecule has 3 rings (SSSR count). The van der Waals surface area contributed by atoms with Crippen LogP contribution in [0.3, 0.4) is 0 Å². The highest BCUT2D eigenvalue weighted by Gasteiger charge is 2.61. The first-order valence-corrected chi connectivity index (χ1v) is 8.80. The molecule has 0 heterocycles. The molecular weight excluding hydrogens is 230 g/mol. The quantitative estimate of drug-likeness (QED) is 0.747. The lowest BCUT2D eigenvalue weighted by Crippen LogP contribution is -2.48. The molecule has 3 saturated carbocycles. The fraction of sp³-hybridized carbons (Fsp3) is 1.00. The fourth-order valence-electron chi connectivity index (χ4n) is 5.36. The van der Waals surface area contributed by atoms with Crippen molar-refractivity contribution in [2.24, 2.45) is 16.7 Å². The second kappa shape index (κ2) is 5.06. The van der Waals surface area contributed by atoms with Gasteiger partial charge in [0.2, 0.25) is 0 Å². The number of nitrogens with one attached hydrogen (secondary N) is 1. The molecule has 1 N–H and O–H groups in total. The summed E-state index contributed by atoms with van der Waals surface area (Å²) in [5, 5.41) is 4.11. The monoisotopic (exact) mass is 263 g/mol. The molecule has 3 atom stereocenters. The number of rotatable bonds is 2. The molecule has 2 bridgehead atoms. The van der Waals surface area contributed by atoms with Gasteiger partial charge in [0.1, 0.15) is 0 Å². The Bertz CT molecular complexity index is 314. The van der Waals surface area contributed by atoms with Gasteiger partial charge in [0, 0.05) is 12.1 Å². The highest BCUT2D eigenvalue weighted by Crippen LogP contribution is 2.65. The van der Waals surface area contributed by atoms with E-state index in [1.54, 1.807) is 0 Å². The van der Waals surface area contributed by atoms with Crippen LogP contribution in [0.5, 0.6) is 0 Å². The van der Waals surface area contributed by atoms with Crippen molar-refractivity contribution in [1.29, 1.82) is 0 Å². The molecule has 0 aromatic rings. The summed E-state index contributed by atoms with van der Waals surface area (Å²) >= 11 is 0. The summed E-state index contributed by atoms with van der Waals surface area (Å²) in [4.78, 5) is 0. The summed E-state index contributed by atoms with van der Waals surface area (Å²) in [7, 11) is 0. The maximum atomic E-state index is 4.11. The average Bonchev–Trinajstić information content (AvgIpc) is 2.65. The van der Waals surface area contributed by atoms with E-state index in [2.05, 4.69) is 26.1 Å². The zero-order valence-electron chi connectivity index (χ0n) is 13.3. The van der Waals surface area contributed by atoms with Crippen LogP contribution in [0.25, 0.3) is 0 Å². The maximum absolute atomic E-state index is 4.11. The van der Waals surface area contributed by atoms with Gasteiger partial charge in [0.25, 0.3) is 0 Å². The van der Waals surface area contributed by atoms with Gasteiger partial charge < -0.3 is 5.32 Å². The predicted octanol–water partition coefficient (Wildman–Crippen LogP) is 4.90. The Balaban J connectivity index is 1.64. The minimum atomic E-state index is 0.556. The molecular formula is C18H33N. The highest BCUT2D eigenvalue weighted by molar-refractivity contribution is 5.13. The lowest BCUT2D eigenvalue weighted by Gasteiger charge is -2.41. The van der Waals surface area contributed by atoms with E-state index in [1.165, 1.54) is 64.2 Å². The second-order valence-corrected chi connectivity index (χ2v) is 8.37. The van der Waals surface area contributed by atoms with Crippen LogP contribution in [0, 0.1) is 16.7 Å². The van der Waals surface area contributed by atoms with Gasteiger partial charge in [-0.15, -0.1) is 0 Å². The third-order valence-corrected chi connectivity index (χ3v) is 7.34. The van der Waals surface area contributed by atoms with E-state index in [0.717, 1.165) is 18.0 Å². The van der Waals surface area contributed by atoms with E-state index in [1.807, 2.05) is 0 Å². The van der Waals surface area contributed by atoms with Gasteiger partial charge in [-0.1, -0.05) is 52.9 Å². The van der Waals surface area contributed by atoms with Crippen LogP contribution in [-0.4, -0.2) is 12.1 Å². The van der Waals surface area contributed by atoms with E-state index >= 15 is 0 Å². The summed E-state index contributed by atoms with van der Waals surface area (Å²) in [5.41, 5.74) is 1.12. The van der Waals surface area contributed by atoms with Crippen molar-refractivity contribution in [3.8, 4) is 0 Å². The SMILES string of the molecule is CC1(C)C2CCC1(C)C(NC1CCCCCCC1)C2. The molecule has 0 aliphatic heterocycles. The van der Waals surface area contributed by atoms with Crippen LogP contribution in [0.1, 0.15) is 85.0 Å². The van der Waals surface area contributed by atoms with Crippen molar-refractivity contribution in [2.45, 2.75) is 97.1 Å². The Labute approximate surface area is 119 Å². The van der Waals surface area contributed by atoms with Crippen molar-refractivity contribution < 1.29 is 0 Å². The van der Waals surface area contributed by atoms with Crippen molar-refractivity contribution in [1.82, 2.24) is 5.32 Å². The van der Waals surface area contributed by atoms with Gasteiger partial charge >= 0.3 is 0 Å². The first-order valence-electron chi connectivity index (χ1n) is 8.80. The zero-order chi connectivity index (χ0) is 13.5. The van der Waals surface area contributed by atoms with E-state index < -0.39 is 0 Å². The van der Waals surface area contributed by atoms with Crippen molar-refractivity contribution >= 4 is 0 Å². The summed E-state index contributed by atoms with van der Waals surface area (Å²) < 4.78 is 0. The predicted molar refractivity (Wildman–Crippen MR) is 82.3 cm³/mol. The first kappa shape index (κ1) is 13.9. The first-order chi connectivity index (χ1) is 9.04. The average molecular weight is 263 g/mol. The molecule has 0 aromatic heterocycles. The van der Waals surface area contributed by atoms with Crippen LogP contribution in [0.4, 0.5) is 0 Å². The molecule has 0 radical (unpaired) electrons. The molecule has 3 unspecified atom stereocenters. The van der Waals surface area contributed by atoms with Gasteiger partial charge in [0.15, 0.2) is 0 Å². The third kappa shape index (κ3) is 2.26. The minimum absolute atomic E-state index is 0.556. The molecule has 19 heavy (non-hydrogen) atoms. The molecule has 1 heteroatoms. The minimum Gasteiger partial charge on any atom is -0.311 e. The molecule has 0 saturated heterocycles. The largest absolute Gasteiger partial charge is 0.311 e. The third-order valence-electron chi connectivity index (χ3n) is 7.34. The van der Waals surface area contributed by atoms with Crippen LogP contribution in [-0.2, 0) is 0 Å². The standard InChI is InChI=1S/C18H33N/c1-17(2)14-11-12-18(17,3)16(13-14)19-15-9-7-5-4-6-8-10-15/h14-16,19H,4-13H2,1-3H3. The van der Waals surface area contributed by atoms with Crippen LogP contribution in [0.15, 0.2) is 0 Å². The summed E-state index contributed by atoms with van der Waals surface area (Å²) in [6.45, 7) is 7.63. The smallest absolute Gasteiger partial charge is 0.0131 e. The van der Waals surface area contributed by atoms with Crippen LogP contribution in [0.2, 0.25) is 0 Å². The zero-order valence-corrected chi connectivity index (χ0v) is 13.3. The fourth-order valence-corrected chi connectivity index (χ4v) is 5.36. The van der Waals surface area contributed by atoms with E-state index in [0.29, 0.717) is 10.8 Å². The number of hydrogen-bond donors (Lipinski definition) is 1. The Morgan fingerprint density at radius 2 is 1.47 bits per heavy atom. The Morgan fingerprint density at radius 3 is 2.00 bits per heavy atom. The van der Waals surface area contributed by atoms with Gasteiger partial charge in [-0.3, -0.25) is 0 Å². The van der Waals surface area contributed by atoms with E-state index in [9.17, 15) is 0 Å². The molecule has 0 amide bonds. The number of fused-ring (bicyclic) bond motifs is 2. The van der Waals surface area contributed by atoms with Crippen LogP contribution < -0.4 is 5.32 Å². The Hall–Kier alpha value is -0.0400. The molecule has 3 aliphatic carbocycles. The molecule has 0 aromatic carbocycles. The summed E-state index contributed by atoms with van der Waals surface area (Å²) in [6.07, 6.45) is 14.5. The summed E-state index contributed by atoms with van der Waals surface area (Å²) in [5.74, 6) is 0.976. The van der Waals surface area contributed by atoms with E-state index in [-0.39, 0.29) is 0 Å². The van der Waals surface area contributed by atoms with Gasteiger partial charge in [0.05, 0.1) is 0 Å². The molecule has 3 aliphatic rings. The Kier molecular flexibility index (Phi) is 3.71. The van der Waals surface area contributed by atoms with Crippen molar-refractivity contribution in [2.75, 3.05) is 0 Å². The van der Waals surface area contributed by atoms with Crippen LogP contribution >= 0.6 is 0 Å². The lowest BCUT2D eigenvalue weighted by atomic mass is 9.69. The Morgan fingerprint density at radius 1 is 0.842 bits per heavy atom. The van der Waals surface area contributed by atoms with Crippen molar-refractivity contribution in [3.63, 3.8) is 0 Å². The molecule has 3 fully saturated rings. The molecule has 0 spiro atoms. The lowest BCUT2D eigenvalue weighted by molar-refractivity contribution is 0.112. The van der Waals surface area contributed by atoms with Crippen molar-refractivity contribution in [3.05, 3.63) is 0 Å². The number of hydrogen-bond acceptors (Lipinski definition) is 1. The normalized spacial score (nSPS) is 43.1. The highest BCUT2D eigenvalue weighted by atomic mass is 15.0. The maximum Gasteiger partial charge on any atom is 0.0131 e. The van der Waals surface area contributed by atoms with Gasteiger partial charge in [-0.25, -0.2) is 0 Å². The van der Waals surface area contributed by atoms with E-state index in [4.69, 9.17) is 0 Å². The van der Waals surface area contributed by atoms with Gasteiger partial charge in [-0.05, 0) is 48.9 Å². The second-order valence-electron chi connectivity index (χ2n) is 8.37. The molecule has 110 valence electrons. The topological polar surface area (TPSA) is 12.0 Å².